The Hall–Kier alpha value is -4.61. The molecule has 2 saturated heterocycles. The molecule has 2 aliphatic heterocycles. The van der Waals surface area contributed by atoms with Crippen LogP contribution in [0.2, 0.25) is 0 Å². The number of hydrogen-bond acceptors (Lipinski definition) is 6. The van der Waals surface area contributed by atoms with Gasteiger partial charge in [0.25, 0.3) is 0 Å². The summed E-state index contributed by atoms with van der Waals surface area (Å²) in [5.74, 6) is -2.03. The lowest BCUT2D eigenvalue weighted by molar-refractivity contribution is -0.153. The smallest absolute Gasteiger partial charge is 0.303 e. The van der Waals surface area contributed by atoms with E-state index in [4.69, 9.17) is 0 Å². The van der Waals surface area contributed by atoms with Crippen molar-refractivity contribution in [3.05, 3.63) is 108 Å². The van der Waals surface area contributed by atoms with Crippen molar-refractivity contribution < 1.29 is 27.9 Å². The highest BCUT2D eigenvalue weighted by molar-refractivity contribution is 7.89. The molecule has 220 valence electrons. The standard InChI is InChI=1S/C32H30N4O6S/c37-30(38)16-15-27-32(40)35-28(18-22-8-2-1-3-9-22)31(39)34(20-25-12-6-7-17-33-25)21-29(35)36(27)43(41,42)26-14-13-23-10-4-5-11-24(23)19-26/h1-14,17,19,27-29H,15-16,18,20-21H2,(H,37,38)/t27-,28-,29?/m0/s1. The van der Waals surface area contributed by atoms with E-state index in [1.807, 2.05) is 60.7 Å². The average molecular weight is 599 g/mol. The van der Waals surface area contributed by atoms with Gasteiger partial charge in [0.05, 0.1) is 23.7 Å². The van der Waals surface area contributed by atoms with E-state index in [0.717, 1.165) is 15.3 Å². The molecule has 11 heteroatoms. The Labute approximate surface area is 249 Å². The first-order chi connectivity index (χ1) is 20.7. The van der Waals surface area contributed by atoms with Gasteiger partial charge in [-0.05, 0) is 47.0 Å². The summed E-state index contributed by atoms with van der Waals surface area (Å²) >= 11 is 0. The molecular weight excluding hydrogens is 568 g/mol. The molecular formula is C32H30N4O6S. The second-order valence-electron chi connectivity index (χ2n) is 10.8. The molecule has 3 aromatic carbocycles. The van der Waals surface area contributed by atoms with Gasteiger partial charge in [0.2, 0.25) is 21.8 Å². The van der Waals surface area contributed by atoms with Gasteiger partial charge in [0.1, 0.15) is 18.2 Å². The van der Waals surface area contributed by atoms with Crippen molar-refractivity contribution in [3.8, 4) is 0 Å². The molecule has 2 amide bonds. The molecule has 1 aromatic heterocycles. The maximum absolute atomic E-state index is 14.4. The average Bonchev–Trinajstić information content (AvgIpc) is 3.30. The Morgan fingerprint density at radius 2 is 1.58 bits per heavy atom. The number of rotatable bonds is 9. The summed E-state index contributed by atoms with van der Waals surface area (Å²) < 4.78 is 30.0. The van der Waals surface area contributed by atoms with Gasteiger partial charge in [0, 0.05) is 19.0 Å². The fourth-order valence-corrected chi connectivity index (χ4v) is 7.82. The number of carbonyl (C=O) groups excluding carboxylic acids is 2. The lowest BCUT2D eigenvalue weighted by atomic mass is 10.00. The lowest BCUT2D eigenvalue weighted by Crippen LogP contribution is -2.64. The van der Waals surface area contributed by atoms with Crippen molar-refractivity contribution in [2.45, 2.75) is 49.0 Å². The van der Waals surface area contributed by atoms with Crippen molar-refractivity contribution in [1.82, 2.24) is 19.1 Å². The summed E-state index contributed by atoms with van der Waals surface area (Å²) in [6.07, 6.45) is 0.138. The third kappa shape index (κ3) is 5.49. The molecule has 0 saturated carbocycles. The van der Waals surface area contributed by atoms with E-state index in [-0.39, 0.29) is 36.7 Å². The van der Waals surface area contributed by atoms with Gasteiger partial charge in [-0.25, -0.2) is 8.42 Å². The molecule has 4 aromatic rings. The van der Waals surface area contributed by atoms with Crippen LogP contribution in [-0.4, -0.2) is 75.2 Å². The highest BCUT2D eigenvalue weighted by atomic mass is 32.2. The number of fused-ring (bicyclic) bond motifs is 2. The zero-order valence-corrected chi connectivity index (χ0v) is 24.0. The van der Waals surface area contributed by atoms with Crippen molar-refractivity contribution >= 4 is 38.6 Å². The molecule has 10 nitrogen and oxygen atoms in total. The van der Waals surface area contributed by atoms with Gasteiger partial charge < -0.3 is 14.9 Å². The van der Waals surface area contributed by atoms with Crippen LogP contribution in [0.4, 0.5) is 0 Å². The second-order valence-corrected chi connectivity index (χ2v) is 12.6. The van der Waals surface area contributed by atoms with Crippen molar-refractivity contribution in [2.75, 3.05) is 6.54 Å². The van der Waals surface area contributed by atoms with Crippen LogP contribution in [0, 0.1) is 0 Å². The first-order valence-electron chi connectivity index (χ1n) is 14.0. The fraction of sp³-hybridized carbons (Fsp3) is 0.250. The Morgan fingerprint density at radius 1 is 0.860 bits per heavy atom. The molecule has 1 N–H and O–H groups in total. The SMILES string of the molecule is O=C(O)CC[C@H]1C(=O)N2C(CN(Cc3ccccn3)C(=O)[C@@H]2Cc2ccccc2)N1S(=O)(=O)c1ccc2ccccc2c1. The quantitative estimate of drug-likeness (QED) is 0.313. The van der Waals surface area contributed by atoms with Crippen molar-refractivity contribution in [2.24, 2.45) is 0 Å². The number of amides is 2. The Bertz CT molecular complexity index is 1780. The molecule has 3 heterocycles. The van der Waals surface area contributed by atoms with Crippen LogP contribution in [0.3, 0.4) is 0 Å². The maximum Gasteiger partial charge on any atom is 0.303 e. The van der Waals surface area contributed by atoms with Gasteiger partial charge in [0.15, 0.2) is 0 Å². The first kappa shape index (κ1) is 28.5. The number of pyridine rings is 1. The molecule has 0 bridgehead atoms. The predicted octanol–water partition coefficient (Wildman–Crippen LogP) is 3.28. The minimum absolute atomic E-state index is 0.00559. The Kier molecular flexibility index (Phi) is 7.68. The molecule has 2 fully saturated rings. The van der Waals surface area contributed by atoms with Crippen LogP contribution in [0.15, 0.2) is 102 Å². The summed E-state index contributed by atoms with van der Waals surface area (Å²) in [7, 11) is -4.32. The zero-order chi connectivity index (χ0) is 30.1. The molecule has 0 radical (unpaired) electrons. The molecule has 0 aliphatic carbocycles. The monoisotopic (exact) mass is 598 g/mol. The van der Waals surface area contributed by atoms with Crippen LogP contribution < -0.4 is 0 Å². The number of hydrogen-bond donors (Lipinski definition) is 1. The second kappa shape index (κ2) is 11.6. The number of carboxylic acid groups (broad SMARTS) is 1. The zero-order valence-electron chi connectivity index (χ0n) is 23.2. The van der Waals surface area contributed by atoms with Gasteiger partial charge >= 0.3 is 5.97 Å². The topological polar surface area (TPSA) is 128 Å². The highest BCUT2D eigenvalue weighted by Crippen LogP contribution is 2.38. The number of nitrogens with zero attached hydrogens (tertiary/aromatic N) is 4. The number of carboxylic acids is 1. The van der Waals surface area contributed by atoms with Crippen LogP contribution >= 0.6 is 0 Å². The summed E-state index contributed by atoms with van der Waals surface area (Å²) in [6.45, 7) is 0.0516. The van der Waals surface area contributed by atoms with Gasteiger partial charge in [-0.15, -0.1) is 0 Å². The number of aliphatic carboxylic acids is 1. The van der Waals surface area contributed by atoms with Gasteiger partial charge in [-0.3, -0.25) is 19.4 Å². The van der Waals surface area contributed by atoms with E-state index in [1.54, 1.807) is 35.4 Å². The van der Waals surface area contributed by atoms with Crippen LogP contribution in [0.1, 0.15) is 24.1 Å². The maximum atomic E-state index is 14.4. The van der Waals surface area contributed by atoms with Crippen molar-refractivity contribution in [3.63, 3.8) is 0 Å². The van der Waals surface area contributed by atoms with E-state index >= 15 is 0 Å². The Morgan fingerprint density at radius 3 is 2.30 bits per heavy atom. The van der Waals surface area contributed by atoms with Gasteiger partial charge in [-0.2, -0.15) is 4.31 Å². The molecule has 1 unspecified atom stereocenters. The van der Waals surface area contributed by atoms with Crippen LogP contribution in [-0.2, 0) is 37.4 Å². The third-order valence-electron chi connectivity index (χ3n) is 8.06. The normalized spacial score (nSPS) is 20.9. The Balaban J connectivity index is 1.45. The van der Waals surface area contributed by atoms with E-state index in [0.29, 0.717) is 11.1 Å². The molecule has 6 rings (SSSR count). The molecule has 2 aliphatic rings. The minimum Gasteiger partial charge on any atom is -0.481 e. The number of carbonyl (C=O) groups is 3. The minimum atomic E-state index is -4.32. The van der Waals surface area contributed by atoms with E-state index in [1.165, 1.54) is 11.0 Å². The molecule has 0 spiro atoms. The molecule has 3 atom stereocenters. The largest absolute Gasteiger partial charge is 0.481 e. The van der Waals surface area contributed by atoms with Crippen LogP contribution in [0.25, 0.3) is 10.8 Å². The lowest BCUT2D eigenvalue weighted by Gasteiger charge is -2.44. The van der Waals surface area contributed by atoms with Crippen molar-refractivity contribution in [1.29, 1.82) is 0 Å². The summed E-state index contributed by atoms with van der Waals surface area (Å²) in [4.78, 5) is 47.0. The first-order valence-corrected chi connectivity index (χ1v) is 15.5. The number of aromatic nitrogens is 1. The van der Waals surface area contributed by atoms with E-state index in [2.05, 4.69) is 4.98 Å². The summed E-state index contributed by atoms with van der Waals surface area (Å²) in [5, 5.41) is 11.0. The summed E-state index contributed by atoms with van der Waals surface area (Å²) in [5.41, 5.74) is 1.43. The van der Waals surface area contributed by atoms with E-state index in [9.17, 15) is 27.9 Å². The number of piperazine rings is 1. The number of benzene rings is 3. The fourth-order valence-electron chi connectivity index (χ4n) is 6.05. The summed E-state index contributed by atoms with van der Waals surface area (Å²) in [6, 6.07) is 24.4. The number of sulfonamides is 1. The van der Waals surface area contributed by atoms with Crippen LogP contribution in [0.5, 0.6) is 0 Å². The third-order valence-corrected chi connectivity index (χ3v) is 9.96. The van der Waals surface area contributed by atoms with Gasteiger partial charge in [-0.1, -0.05) is 66.7 Å². The predicted molar refractivity (Wildman–Crippen MR) is 158 cm³/mol. The highest BCUT2D eigenvalue weighted by Gasteiger charge is 2.58. The molecule has 43 heavy (non-hydrogen) atoms. The van der Waals surface area contributed by atoms with E-state index < -0.39 is 46.6 Å².